The lowest BCUT2D eigenvalue weighted by atomic mass is 9.92. The molecule has 1 saturated heterocycles. The van der Waals surface area contributed by atoms with Crippen molar-refractivity contribution < 1.29 is 65.0 Å². The zero-order valence-electron chi connectivity index (χ0n) is 17.1. The number of aromatic amines is 1. The van der Waals surface area contributed by atoms with Gasteiger partial charge in [0.25, 0.3) is 0 Å². The van der Waals surface area contributed by atoms with E-state index in [-0.39, 0.29) is 17.0 Å². The highest BCUT2D eigenvalue weighted by Gasteiger charge is 2.60. The number of H-pyrrole nitrogens is 1. The highest BCUT2D eigenvalue weighted by atomic mass is 31.3. The highest BCUT2D eigenvalue weighted by Crippen LogP contribution is 2.66. The number of nitrogen functional groups attached to an aromatic ring is 1. The Labute approximate surface area is 192 Å². The van der Waals surface area contributed by atoms with Crippen molar-refractivity contribution in [2.24, 2.45) is 0 Å². The molecular formula is C12H18F2N5O13P3. The standard InChI is InChI=1S/C12H18F2N5O13P3/c1-4(13)12(2-29-34(25,26)32-35(27,28)31-33(22,23)24)7(20)5(14)10(30-12)19-3-16-6-8(15)17-11(21)18-9(6)19/h3-5,7,10,20H,2H2,1H3,(H,25,26)(H,27,28)(H2,22,23,24)(H3,15,17,18,21)/t4?,5-,7+,10-,12+/m1/s1. The van der Waals surface area contributed by atoms with E-state index in [0.29, 0.717) is 0 Å². The second-order valence-corrected chi connectivity index (χ2v) is 11.5. The van der Waals surface area contributed by atoms with E-state index in [2.05, 4.69) is 28.1 Å². The molecule has 0 bridgehead atoms. The molecule has 1 aliphatic heterocycles. The second kappa shape index (κ2) is 9.33. The summed E-state index contributed by atoms with van der Waals surface area (Å²) in [7, 11) is -17.3. The first kappa shape index (κ1) is 27.9. The van der Waals surface area contributed by atoms with Crippen LogP contribution in [0.25, 0.3) is 11.2 Å². The van der Waals surface area contributed by atoms with Gasteiger partial charge in [-0.2, -0.15) is 13.6 Å². The lowest BCUT2D eigenvalue weighted by Gasteiger charge is -2.33. The second-order valence-electron chi connectivity index (χ2n) is 7.11. The predicted molar refractivity (Wildman–Crippen MR) is 107 cm³/mol. The quantitative estimate of drug-likeness (QED) is 0.184. The fourth-order valence-corrected chi connectivity index (χ4v) is 6.24. The molecular weight excluding hydrogens is 553 g/mol. The van der Waals surface area contributed by atoms with E-state index < -0.39 is 66.0 Å². The molecule has 23 heteroatoms. The summed E-state index contributed by atoms with van der Waals surface area (Å²) in [6.45, 7) is -0.735. The van der Waals surface area contributed by atoms with E-state index in [1.54, 1.807) is 0 Å². The van der Waals surface area contributed by atoms with Crippen molar-refractivity contribution in [3.05, 3.63) is 16.8 Å². The van der Waals surface area contributed by atoms with Crippen molar-refractivity contribution in [1.29, 1.82) is 0 Å². The minimum absolute atomic E-state index is 0.103. The van der Waals surface area contributed by atoms with Gasteiger partial charge in [0.15, 0.2) is 23.6 Å². The molecule has 7 atom stereocenters. The van der Waals surface area contributed by atoms with E-state index in [9.17, 15) is 37.8 Å². The summed E-state index contributed by atoms with van der Waals surface area (Å²) < 4.78 is 81.3. The van der Waals surface area contributed by atoms with Crippen LogP contribution in [0.1, 0.15) is 13.2 Å². The van der Waals surface area contributed by atoms with Crippen molar-refractivity contribution in [3.63, 3.8) is 0 Å². The van der Waals surface area contributed by atoms with Gasteiger partial charge in [-0.25, -0.2) is 32.3 Å². The molecule has 18 nitrogen and oxygen atoms in total. The number of aliphatic hydroxyl groups is 1. The molecule has 2 aromatic rings. The Balaban J connectivity index is 1.88. The lowest BCUT2D eigenvalue weighted by Crippen LogP contribution is -2.52. The van der Waals surface area contributed by atoms with E-state index in [4.69, 9.17) is 20.3 Å². The van der Waals surface area contributed by atoms with Crippen molar-refractivity contribution in [3.8, 4) is 0 Å². The number of anilines is 1. The average Bonchev–Trinajstić information content (AvgIpc) is 3.18. The largest absolute Gasteiger partial charge is 0.490 e. The number of phosphoric acid groups is 3. The maximum Gasteiger partial charge on any atom is 0.490 e. The van der Waals surface area contributed by atoms with Crippen LogP contribution < -0.4 is 11.4 Å². The predicted octanol–water partition coefficient (Wildman–Crippen LogP) is -0.630. The number of ether oxygens (including phenoxy) is 1. The molecule has 0 saturated carbocycles. The molecule has 0 amide bonds. The van der Waals surface area contributed by atoms with Crippen LogP contribution >= 0.6 is 23.5 Å². The lowest BCUT2D eigenvalue weighted by molar-refractivity contribution is -0.157. The van der Waals surface area contributed by atoms with Crippen molar-refractivity contribution in [2.45, 2.75) is 37.2 Å². The van der Waals surface area contributed by atoms with Gasteiger partial charge in [-0.3, -0.25) is 14.1 Å². The van der Waals surface area contributed by atoms with Crippen LogP contribution in [-0.2, 0) is 31.6 Å². The zero-order valence-corrected chi connectivity index (χ0v) is 19.8. The van der Waals surface area contributed by atoms with Crippen LogP contribution in [0.5, 0.6) is 0 Å². The topological polar surface area (TPSA) is 279 Å². The smallest absolute Gasteiger partial charge is 0.387 e. The number of nitrogens with zero attached hydrogens (tertiary/aromatic N) is 3. The molecule has 1 aliphatic rings. The van der Waals surface area contributed by atoms with Crippen LogP contribution in [0, 0.1) is 0 Å². The summed E-state index contributed by atoms with van der Waals surface area (Å²) in [5.74, 6) is -0.245. The molecule has 8 N–H and O–H groups in total. The van der Waals surface area contributed by atoms with Crippen LogP contribution in [-0.4, -0.2) is 74.9 Å². The van der Waals surface area contributed by atoms with E-state index in [1.807, 2.05) is 0 Å². The number of phosphoric ester groups is 1. The van der Waals surface area contributed by atoms with Gasteiger partial charge in [0, 0.05) is 0 Å². The molecule has 3 rings (SSSR count). The van der Waals surface area contributed by atoms with Crippen LogP contribution in [0.3, 0.4) is 0 Å². The fourth-order valence-electron chi connectivity index (χ4n) is 3.18. The first-order valence-corrected chi connectivity index (χ1v) is 13.5. The molecule has 2 aromatic heterocycles. The number of fused-ring (bicyclic) bond motifs is 1. The number of halogens is 2. The molecule has 0 spiro atoms. The highest BCUT2D eigenvalue weighted by molar-refractivity contribution is 7.66. The van der Waals surface area contributed by atoms with Gasteiger partial charge in [0.2, 0.25) is 0 Å². The minimum Gasteiger partial charge on any atom is -0.387 e. The van der Waals surface area contributed by atoms with Crippen LogP contribution in [0.2, 0.25) is 0 Å². The van der Waals surface area contributed by atoms with E-state index in [1.165, 1.54) is 0 Å². The Bertz CT molecular complexity index is 1310. The minimum atomic E-state index is -5.90. The Morgan fingerprint density at radius 1 is 1.29 bits per heavy atom. The van der Waals surface area contributed by atoms with Gasteiger partial charge < -0.3 is 35.2 Å². The van der Waals surface area contributed by atoms with Crippen LogP contribution in [0.4, 0.5) is 14.6 Å². The monoisotopic (exact) mass is 571 g/mol. The van der Waals surface area contributed by atoms with Crippen molar-refractivity contribution in [2.75, 3.05) is 12.3 Å². The average molecular weight is 571 g/mol. The fraction of sp³-hybridized carbons (Fsp3) is 0.583. The van der Waals surface area contributed by atoms with E-state index >= 15 is 4.39 Å². The summed E-state index contributed by atoms with van der Waals surface area (Å²) in [6, 6.07) is 0. The molecule has 35 heavy (non-hydrogen) atoms. The van der Waals surface area contributed by atoms with Crippen molar-refractivity contribution in [1.82, 2.24) is 19.5 Å². The van der Waals surface area contributed by atoms with Gasteiger partial charge in [-0.1, -0.05) is 0 Å². The van der Waals surface area contributed by atoms with Crippen LogP contribution in [0.15, 0.2) is 11.1 Å². The maximum absolute atomic E-state index is 15.1. The van der Waals surface area contributed by atoms with Gasteiger partial charge in [0.05, 0.1) is 12.9 Å². The SMILES string of the molecule is CC(F)[C@]1(COP(=O)(O)OP(=O)(O)OP(=O)(O)O)O[C@@H](n2cnc3c(N)[nH]c(=O)nc32)[C@H](F)[C@@H]1O. The summed E-state index contributed by atoms with van der Waals surface area (Å²) in [4.78, 5) is 57.1. The normalized spacial score (nSPS) is 29.7. The summed E-state index contributed by atoms with van der Waals surface area (Å²) >= 11 is 0. The van der Waals surface area contributed by atoms with Crippen molar-refractivity contribution >= 4 is 40.4 Å². The Hall–Kier alpha value is -1.66. The Morgan fingerprint density at radius 3 is 2.49 bits per heavy atom. The zero-order chi connectivity index (χ0) is 26.6. The third-order valence-corrected chi connectivity index (χ3v) is 8.49. The molecule has 1 fully saturated rings. The maximum atomic E-state index is 15.1. The number of nitrogens with one attached hydrogen (secondary N) is 1. The number of hydrogen-bond donors (Lipinski definition) is 7. The van der Waals surface area contributed by atoms with E-state index in [0.717, 1.165) is 17.8 Å². The van der Waals surface area contributed by atoms with Gasteiger partial charge >= 0.3 is 29.2 Å². The third-order valence-electron chi connectivity index (χ3n) is 4.70. The molecule has 0 aromatic carbocycles. The third kappa shape index (κ3) is 5.85. The number of aliphatic hydroxyl groups excluding tert-OH is 1. The summed E-state index contributed by atoms with van der Waals surface area (Å²) in [5.41, 5.74) is 1.48. The molecule has 0 radical (unpaired) electrons. The molecule has 3 unspecified atom stereocenters. The van der Waals surface area contributed by atoms with Gasteiger partial charge in [0.1, 0.15) is 23.6 Å². The molecule has 0 aliphatic carbocycles. The number of alkyl halides is 2. The summed E-state index contributed by atoms with van der Waals surface area (Å²) in [6.07, 6.45) is -8.24. The Morgan fingerprint density at radius 2 is 1.91 bits per heavy atom. The number of aromatic nitrogens is 4. The first-order valence-electron chi connectivity index (χ1n) is 9.02. The Kier molecular flexibility index (Phi) is 7.44. The van der Waals surface area contributed by atoms with Gasteiger partial charge in [-0.15, -0.1) is 0 Å². The summed E-state index contributed by atoms with van der Waals surface area (Å²) in [5, 5.41) is 10.4. The first-order chi connectivity index (χ1) is 15.9. The number of imidazole rings is 1. The van der Waals surface area contributed by atoms with Gasteiger partial charge in [-0.05, 0) is 6.92 Å². The number of hydrogen-bond acceptors (Lipinski definition) is 12. The molecule has 198 valence electrons. The number of nitrogens with two attached hydrogens (primary N) is 1. The molecule has 3 heterocycles. The number of rotatable bonds is 9.